The smallest absolute Gasteiger partial charge is 0.272 e. The second kappa shape index (κ2) is 6.75. The van der Waals surface area contributed by atoms with E-state index in [1.807, 2.05) is 24.3 Å². The molecule has 0 fully saturated rings. The van der Waals surface area contributed by atoms with E-state index in [9.17, 15) is 14.0 Å². The van der Waals surface area contributed by atoms with Gasteiger partial charge < -0.3 is 5.32 Å². The van der Waals surface area contributed by atoms with Gasteiger partial charge in [0.05, 0.1) is 16.2 Å². The molecule has 0 spiro atoms. The van der Waals surface area contributed by atoms with Crippen molar-refractivity contribution in [2.45, 2.75) is 13.5 Å². The van der Waals surface area contributed by atoms with Crippen molar-refractivity contribution < 1.29 is 9.18 Å². The van der Waals surface area contributed by atoms with Crippen molar-refractivity contribution >= 4 is 54.8 Å². The molecule has 27 heavy (non-hydrogen) atoms. The zero-order valence-corrected chi connectivity index (χ0v) is 15.7. The van der Waals surface area contributed by atoms with Crippen LogP contribution in [0.5, 0.6) is 0 Å². The molecule has 1 amide bonds. The molecule has 4 rings (SSSR count). The van der Waals surface area contributed by atoms with Gasteiger partial charge in [0.15, 0.2) is 0 Å². The summed E-state index contributed by atoms with van der Waals surface area (Å²) < 4.78 is 15.9. The van der Waals surface area contributed by atoms with Gasteiger partial charge in [-0.25, -0.2) is 9.37 Å². The van der Waals surface area contributed by atoms with E-state index < -0.39 is 11.7 Å². The van der Waals surface area contributed by atoms with Crippen molar-refractivity contribution in [3.63, 3.8) is 0 Å². The first-order chi connectivity index (χ1) is 12.9. The Morgan fingerprint density at radius 2 is 2.07 bits per heavy atom. The van der Waals surface area contributed by atoms with Crippen LogP contribution in [0, 0.1) is 12.7 Å². The summed E-state index contributed by atoms with van der Waals surface area (Å²) in [5.74, 6) is -0.503. The molecule has 0 radical (unpaired) electrons. The lowest BCUT2D eigenvalue weighted by Crippen LogP contribution is -2.29. The minimum Gasteiger partial charge on any atom is -0.323 e. The average molecular weight is 402 g/mol. The largest absolute Gasteiger partial charge is 0.323 e. The Labute approximate surface area is 162 Å². The molecule has 8 heteroatoms. The number of fused-ring (bicyclic) bond motifs is 3. The van der Waals surface area contributed by atoms with Gasteiger partial charge in [-0.3, -0.25) is 14.2 Å². The molecule has 2 aromatic carbocycles. The molecule has 0 bridgehead atoms. The highest BCUT2D eigenvalue weighted by Gasteiger charge is 2.16. The Hall–Kier alpha value is -2.77. The van der Waals surface area contributed by atoms with Crippen molar-refractivity contribution in [1.29, 1.82) is 0 Å². The van der Waals surface area contributed by atoms with Crippen molar-refractivity contribution in [3.8, 4) is 0 Å². The van der Waals surface area contributed by atoms with E-state index >= 15 is 0 Å². The number of amides is 1. The first-order valence-corrected chi connectivity index (χ1v) is 9.27. The highest BCUT2D eigenvalue weighted by atomic mass is 35.5. The summed E-state index contributed by atoms with van der Waals surface area (Å²) in [7, 11) is 0. The molecule has 2 heterocycles. The molecule has 2 aromatic heterocycles. The number of hydrogen-bond donors (Lipinski definition) is 1. The summed E-state index contributed by atoms with van der Waals surface area (Å²) in [6.45, 7) is 1.47. The number of nitrogens with one attached hydrogen (secondary N) is 1. The zero-order valence-electron chi connectivity index (χ0n) is 14.1. The van der Waals surface area contributed by atoms with Crippen molar-refractivity contribution in [3.05, 3.63) is 69.5 Å². The normalized spacial score (nSPS) is 11.2. The number of aromatic nitrogens is 2. The molecular weight excluding hydrogens is 389 g/mol. The number of benzene rings is 2. The Bertz CT molecular complexity index is 1270. The standard InChI is InChI=1S/C19H13ClFN3O2S/c1-10-22-17-12-4-2-3-5-15(12)27-18(17)19(26)24(10)9-16(25)23-14-7-6-11(21)8-13(14)20/h2-8H,9H2,1H3,(H,23,25). The third kappa shape index (κ3) is 3.20. The minimum absolute atomic E-state index is 0.0884. The van der Waals surface area contributed by atoms with Gasteiger partial charge in [-0.1, -0.05) is 29.8 Å². The topological polar surface area (TPSA) is 64.0 Å². The molecule has 0 aliphatic rings. The molecule has 0 saturated heterocycles. The third-order valence-corrected chi connectivity index (χ3v) is 5.64. The summed E-state index contributed by atoms with van der Waals surface area (Å²) in [5, 5.41) is 3.61. The second-order valence-electron chi connectivity index (χ2n) is 6.00. The van der Waals surface area contributed by atoms with E-state index in [1.165, 1.54) is 28.0 Å². The number of rotatable bonds is 3. The van der Waals surface area contributed by atoms with Gasteiger partial charge in [-0.2, -0.15) is 0 Å². The van der Waals surface area contributed by atoms with Gasteiger partial charge in [0, 0.05) is 10.1 Å². The van der Waals surface area contributed by atoms with Gasteiger partial charge in [0.25, 0.3) is 5.56 Å². The zero-order chi connectivity index (χ0) is 19.1. The molecule has 0 aliphatic heterocycles. The molecule has 5 nitrogen and oxygen atoms in total. The first-order valence-electron chi connectivity index (χ1n) is 8.07. The molecule has 4 aromatic rings. The van der Waals surface area contributed by atoms with Crippen LogP contribution in [0.3, 0.4) is 0 Å². The van der Waals surface area contributed by atoms with Gasteiger partial charge in [0.2, 0.25) is 5.91 Å². The lowest BCUT2D eigenvalue weighted by molar-refractivity contribution is -0.116. The molecule has 1 N–H and O–H groups in total. The van der Waals surface area contributed by atoms with E-state index in [-0.39, 0.29) is 22.8 Å². The fraction of sp³-hybridized carbons (Fsp3) is 0.105. The van der Waals surface area contributed by atoms with Crippen LogP contribution in [0.2, 0.25) is 5.02 Å². The first kappa shape index (κ1) is 17.6. The number of halogens is 2. The number of hydrogen-bond acceptors (Lipinski definition) is 4. The van der Waals surface area contributed by atoms with Gasteiger partial charge in [-0.05, 0) is 31.2 Å². The van der Waals surface area contributed by atoms with E-state index in [2.05, 4.69) is 10.3 Å². The van der Waals surface area contributed by atoms with E-state index in [0.29, 0.717) is 16.0 Å². The van der Waals surface area contributed by atoms with Crippen LogP contribution in [0.15, 0.2) is 47.3 Å². The van der Waals surface area contributed by atoms with Gasteiger partial charge >= 0.3 is 0 Å². The highest BCUT2D eigenvalue weighted by Crippen LogP contribution is 2.30. The molecule has 0 atom stereocenters. The van der Waals surface area contributed by atoms with Crippen LogP contribution in [0.4, 0.5) is 10.1 Å². The third-order valence-electron chi connectivity index (χ3n) is 4.18. The van der Waals surface area contributed by atoms with Crippen molar-refractivity contribution in [1.82, 2.24) is 9.55 Å². The summed E-state index contributed by atoms with van der Waals surface area (Å²) in [6.07, 6.45) is 0. The van der Waals surface area contributed by atoms with Crippen LogP contribution in [-0.4, -0.2) is 15.5 Å². The Morgan fingerprint density at radius 3 is 2.85 bits per heavy atom. The molecule has 0 unspecified atom stereocenters. The number of thiophene rings is 1. The number of nitrogens with zero attached hydrogens (tertiary/aromatic N) is 2. The van der Waals surface area contributed by atoms with Crippen LogP contribution in [0.1, 0.15) is 5.82 Å². The Kier molecular flexibility index (Phi) is 4.41. The Morgan fingerprint density at radius 1 is 1.30 bits per heavy atom. The van der Waals surface area contributed by atoms with Gasteiger partial charge in [0.1, 0.15) is 22.9 Å². The lowest BCUT2D eigenvalue weighted by Gasteiger charge is -2.11. The van der Waals surface area contributed by atoms with E-state index in [4.69, 9.17) is 11.6 Å². The summed E-state index contributed by atoms with van der Waals surface area (Å²) >= 11 is 7.28. The van der Waals surface area contributed by atoms with E-state index in [1.54, 1.807) is 6.92 Å². The minimum atomic E-state index is -0.496. The Balaban J connectivity index is 1.70. The predicted molar refractivity (Wildman–Crippen MR) is 106 cm³/mol. The van der Waals surface area contributed by atoms with Crippen LogP contribution < -0.4 is 10.9 Å². The SMILES string of the molecule is Cc1nc2c(sc3ccccc32)c(=O)n1CC(=O)Nc1ccc(F)cc1Cl. The monoisotopic (exact) mass is 401 g/mol. The summed E-state index contributed by atoms with van der Waals surface area (Å²) in [4.78, 5) is 29.8. The highest BCUT2D eigenvalue weighted by molar-refractivity contribution is 7.25. The molecular formula is C19H13ClFN3O2S. The number of anilines is 1. The lowest BCUT2D eigenvalue weighted by atomic mass is 10.2. The van der Waals surface area contributed by atoms with Crippen molar-refractivity contribution in [2.75, 3.05) is 5.32 Å². The maximum absolute atomic E-state index is 13.1. The fourth-order valence-corrected chi connectivity index (χ4v) is 4.20. The second-order valence-corrected chi connectivity index (χ2v) is 7.46. The number of carbonyl (C=O) groups excluding carboxylic acids is 1. The molecule has 0 aliphatic carbocycles. The summed E-state index contributed by atoms with van der Waals surface area (Å²) in [6, 6.07) is 11.3. The number of carbonyl (C=O) groups is 1. The van der Waals surface area contributed by atoms with E-state index in [0.717, 1.165) is 16.2 Å². The van der Waals surface area contributed by atoms with Crippen LogP contribution in [0.25, 0.3) is 20.3 Å². The fourth-order valence-electron chi connectivity index (χ4n) is 2.89. The van der Waals surface area contributed by atoms with Gasteiger partial charge in [-0.15, -0.1) is 11.3 Å². The quantitative estimate of drug-likeness (QED) is 0.555. The molecule has 136 valence electrons. The van der Waals surface area contributed by atoms with Crippen LogP contribution >= 0.6 is 22.9 Å². The predicted octanol–water partition coefficient (Wildman–Crippen LogP) is 4.35. The maximum Gasteiger partial charge on any atom is 0.272 e. The van der Waals surface area contributed by atoms with Crippen LogP contribution in [-0.2, 0) is 11.3 Å². The van der Waals surface area contributed by atoms with Crippen molar-refractivity contribution in [2.24, 2.45) is 0 Å². The maximum atomic E-state index is 13.1. The molecule has 0 saturated carbocycles. The average Bonchev–Trinajstić information content (AvgIpc) is 3.00. The summed E-state index contributed by atoms with van der Waals surface area (Å²) in [5.41, 5.74) is 0.667. The number of aryl methyl sites for hydroxylation is 1.